The number of hydrogen-bond donors (Lipinski definition) is 1. The number of nitrogens with zero attached hydrogens (tertiary/aromatic N) is 2. The van der Waals surface area contributed by atoms with Crippen LogP contribution in [0.15, 0.2) is 48.5 Å². The van der Waals surface area contributed by atoms with Crippen LogP contribution < -0.4 is 15.0 Å². The SMILES string of the molecule is O=C1Cc2cc(N3CCN(C(=O)CCCOc4ccccc4)CC3)ccc2N1. The summed E-state index contributed by atoms with van der Waals surface area (Å²) in [6.07, 6.45) is 1.69. The summed E-state index contributed by atoms with van der Waals surface area (Å²) in [5.74, 6) is 1.09. The third-order valence-electron chi connectivity index (χ3n) is 5.26. The molecular formula is C22H25N3O3. The number of amides is 2. The number of carbonyl (C=O) groups excluding carboxylic acids is 2. The minimum Gasteiger partial charge on any atom is -0.494 e. The van der Waals surface area contributed by atoms with Gasteiger partial charge in [-0.05, 0) is 42.3 Å². The van der Waals surface area contributed by atoms with E-state index in [9.17, 15) is 9.59 Å². The molecule has 0 aromatic heterocycles. The standard InChI is InChI=1S/C22H25N3O3/c26-21-16-17-15-18(8-9-20(17)23-21)24-10-12-25(13-11-24)22(27)7-4-14-28-19-5-2-1-3-6-19/h1-3,5-6,8-9,15H,4,7,10-14,16H2,(H,23,26). The van der Waals surface area contributed by atoms with E-state index in [2.05, 4.69) is 16.3 Å². The van der Waals surface area contributed by atoms with Crippen LogP contribution in [0.1, 0.15) is 18.4 Å². The first-order valence-electron chi connectivity index (χ1n) is 9.82. The van der Waals surface area contributed by atoms with Gasteiger partial charge in [-0.3, -0.25) is 9.59 Å². The summed E-state index contributed by atoms with van der Waals surface area (Å²) in [5, 5.41) is 2.86. The highest BCUT2D eigenvalue weighted by molar-refractivity contribution is 5.99. The van der Waals surface area contributed by atoms with Gasteiger partial charge in [-0.1, -0.05) is 18.2 Å². The molecule has 0 unspecified atom stereocenters. The Kier molecular flexibility index (Phi) is 5.46. The molecule has 28 heavy (non-hydrogen) atoms. The number of benzene rings is 2. The van der Waals surface area contributed by atoms with Gasteiger partial charge in [0.25, 0.3) is 0 Å². The van der Waals surface area contributed by atoms with Crippen LogP contribution in [0.2, 0.25) is 0 Å². The number of piperazine rings is 1. The van der Waals surface area contributed by atoms with Crippen molar-refractivity contribution < 1.29 is 14.3 Å². The molecule has 1 N–H and O–H groups in total. The second kappa shape index (κ2) is 8.33. The third-order valence-corrected chi connectivity index (χ3v) is 5.26. The second-order valence-electron chi connectivity index (χ2n) is 7.20. The van der Waals surface area contributed by atoms with Crippen molar-refractivity contribution in [3.8, 4) is 5.75 Å². The van der Waals surface area contributed by atoms with E-state index in [1.165, 1.54) is 0 Å². The van der Waals surface area contributed by atoms with Gasteiger partial charge in [0, 0.05) is 44.0 Å². The van der Waals surface area contributed by atoms with Crippen molar-refractivity contribution in [3.05, 3.63) is 54.1 Å². The number of rotatable bonds is 6. The Bertz CT molecular complexity index is 845. The number of ether oxygens (including phenoxy) is 1. The smallest absolute Gasteiger partial charge is 0.228 e. The maximum absolute atomic E-state index is 12.4. The van der Waals surface area contributed by atoms with Crippen LogP contribution in [0.5, 0.6) is 5.75 Å². The molecule has 0 atom stereocenters. The summed E-state index contributed by atoms with van der Waals surface area (Å²) in [5.41, 5.74) is 3.10. The first-order valence-corrected chi connectivity index (χ1v) is 9.82. The number of nitrogens with one attached hydrogen (secondary N) is 1. The van der Waals surface area contributed by atoms with Crippen molar-refractivity contribution in [1.29, 1.82) is 0 Å². The number of anilines is 2. The molecule has 2 amide bonds. The van der Waals surface area contributed by atoms with E-state index in [-0.39, 0.29) is 11.8 Å². The third kappa shape index (κ3) is 4.27. The zero-order valence-corrected chi connectivity index (χ0v) is 15.9. The maximum atomic E-state index is 12.4. The van der Waals surface area contributed by atoms with E-state index >= 15 is 0 Å². The molecule has 2 aromatic rings. The van der Waals surface area contributed by atoms with Crippen molar-refractivity contribution in [3.63, 3.8) is 0 Å². The van der Waals surface area contributed by atoms with Gasteiger partial charge in [0.05, 0.1) is 13.0 Å². The lowest BCUT2D eigenvalue weighted by atomic mass is 10.1. The van der Waals surface area contributed by atoms with Gasteiger partial charge in [0.1, 0.15) is 5.75 Å². The van der Waals surface area contributed by atoms with Gasteiger partial charge in [-0.15, -0.1) is 0 Å². The summed E-state index contributed by atoms with van der Waals surface area (Å²) in [7, 11) is 0. The lowest BCUT2D eigenvalue weighted by Gasteiger charge is -2.36. The minimum absolute atomic E-state index is 0.0545. The van der Waals surface area contributed by atoms with E-state index in [1.54, 1.807) is 0 Å². The molecule has 6 nitrogen and oxygen atoms in total. The molecule has 1 saturated heterocycles. The Labute approximate surface area is 165 Å². The van der Waals surface area contributed by atoms with E-state index in [1.807, 2.05) is 47.4 Å². The van der Waals surface area contributed by atoms with Crippen LogP contribution in [-0.4, -0.2) is 49.5 Å². The van der Waals surface area contributed by atoms with Gasteiger partial charge in [-0.2, -0.15) is 0 Å². The zero-order valence-electron chi connectivity index (χ0n) is 15.9. The van der Waals surface area contributed by atoms with E-state index in [4.69, 9.17) is 4.74 Å². The van der Waals surface area contributed by atoms with Crippen LogP contribution in [0.4, 0.5) is 11.4 Å². The topological polar surface area (TPSA) is 61.9 Å². The summed E-state index contributed by atoms with van der Waals surface area (Å²) < 4.78 is 5.65. The molecule has 146 valence electrons. The molecule has 4 rings (SSSR count). The number of para-hydroxylation sites is 1. The van der Waals surface area contributed by atoms with Gasteiger partial charge in [-0.25, -0.2) is 0 Å². The monoisotopic (exact) mass is 379 g/mol. The molecule has 2 aliphatic rings. The Morgan fingerprint density at radius 3 is 2.61 bits per heavy atom. The van der Waals surface area contributed by atoms with E-state index in [0.717, 1.165) is 55.3 Å². The molecule has 1 fully saturated rings. The molecule has 0 bridgehead atoms. The van der Waals surface area contributed by atoms with Crippen LogP contribution in [0, 0.1) is 0 Å². The van der Waals surface area contributed by atoms with Crippen molar-refractivity contribution >= 4 is 23.2 Å². The van der Waals surface area contributed by atoms with Crippen LogP contribution in [0.3, 0.4) is 0 Å². The van der Waals surface area contributed by atoms with Gasteiger partial charge in [0.15, 0.2) is 0 Å². The summed E-state index contributed by atoms with van der Waals surface area (Å²) in [6, 6.07) is 15.8. The quantitative estimate of drug-likeness (QED) is 0.784. The van der Waals surface area contributed by atoms with E-state index < -0.39 is 0 Å². The van der Waals surface area contributed by atoms with Crippen molar-refractivity contribution in [2.45, 2.75) is 19.3 Å². The zero-order chi connectivity index (χ0) is 19.3. The lowest BCUT2D eigenvalue weighted by Crippen LogP contribution is -2.48. The first-order chi connectivity index (χ1) is 13.7. The molecule has 2 aromatic carbocycles. The highest BCUT2D eigenvalue weighted by atomic mass is 16.5. The summed E-state index contributed by atoms with van der Waals surface area (Å²) in [6.45, 7) is 3.63. The maximum Gasteiger partial charge on any atom is 0.228 e. The Morgan fingerprint density at radius 1 is 1.04 bits per heavy atom. The second-order valence-corrected chi connectivity index (χ2v) is 7.20. The molecule has 0 saturated carbocycles. The Balaban J connectivity index is 1.21. The largest absolute Gasteiger partial charge is 0.494 e. The summed E-state index contributed by atoms with van der Waals surface area (Å²) >= 11 is 0. The first kappa shape index (κ1) is 18.3. The van der Waals surface area contributed by atoms with Crippen LogP contribution in [-0.2, 0) is 16.0 Å². The van der Waals surface area contributed by atoms with Crippen molar-refractivity contribution in [1.82, 2.24) is 4.90 Å². The van der Waals surface area contributed by atoms with Crippen molar-refractivity contribution in [2.75, 3.05) is 43.0 Å². The fourth-order valence-electron chi connectivity index (χ4n) is 3.71. The molecule has 0 spiro atoms. The molecule has 6 heteroatoms. The molecule has 2 aliphatic heterocycles. The van der Waals surface area contributed by atoms with Gasteiger partial charge >= 0.3 is 0 Å². The van der Waals surface area contributed by atoms with Gasteiger partial charge < -0.3 is 19.9 Å². The fraction of sp³-hybridized carbons (Fsp3) is 0.364. The van der Waals surface area contributed by atoms with Crippen LogP contribution in [0.25, 0.3) is 0 Å². The summed E-state index contributed by atoms with van der Waals surface area (Å²) in [4.78, 5) is 28.2. The average molecular weight is 379 g/mol. The Hall–Kier alpha value is -3.02. The average Bonchev–Trinajstić information content (AvgIpc) is 3.11. The molecule has 2 heterocycles. The van der Waals surface area contributed by atoms with E-state index in [0.29, 0.717) is 19.4 Å². The highest BCUT2D eigenvalue weighted by Gasteiger charge is 2.23. The molecule has 0 aliphatic carbocycles. The number of hydrogen-bond acceptors (Lipinski definition) is 4. The molecular weight excluding hydrogens is 354 g/mol. The predicted octanol–water partition coefficient (Wildman–Crippen LogP) is 2.69. The van der Waals surface area contributed by atoms with Crippen molar-refractivity contribution in [2.24, 2.45) is 0 Å². The normalized spacial score (nSPS) is 15.9. The minimum atomic E-state index is 0.0545. The predicted molar refractivity (Wildman–Crippen MR) is 109 cm³/mol. The highest BCUT2D eigenvalue weighted by Crippen LogP contribution is 2.28. The lowest BCUT2D eigenvalue weighted by molar-refractivity contribution is -0.131. The molecule has 0 radical (unpaired) electrons. The van der Waals surface area contributed by atoms with Gasteiger partial charge in [0.2, 0.25) is 11.8 Å². The number of carbonyl (C=O) groups is 2. The fourth-order valence-corrected chi connectivity index (χ4v) is 3.71. The Morgan fingerprint density at radius 2 is 1.82 bits per heavy atom. The number of fused-ring (bicyclic) bond motifs is 1. The van der Waals surface area contributed by atoms with Crippen LogP contribution >= 0.6 is 0 Å².